The van der Waals surface area contributed by atoms with Crippen LogP contribution in [0.3, 0.4) is 0 Å². The van der Waals surface area contributed by atoms with Gasteiger partial charge in [-0.15, -0.1) is 0 Å². The van der Waals surface area contributed by atoms with Crippen LogP contribution in [0.4, 0.5) is 0 Å². The zero-order chi connectivity index (χ0) is 14.0. The molecule has 2 aliphatic heterocycles. The van der Waals surface area contributed by atoms with Gasteiger partial charge in [-0.05, 0) is 56.6 Å². The Hall–Kier alpha value is -1.26. The van der Waals surface area contributed by atoms with E-state index < -0.39 is 0 Å². The monoisotopic (exact) mass is 276 g/mol. The fraction of sp³-hybridized carbons (Fsp3) is 0.625. The molecule has 1 fully saturated rings. The summed E-state index contributed by atoms with van der Waals surface area (Å²) < 4.78 is 10.9. The lowest BCUT2D eigenvalue weighted by Crippen LogP contribution is -2.46. The van der Waals surface area contributed by atoms with E-state index in [0.717, 1.165) is 37.4 Å². The minimum Gasteiger partial charge on any atom is -0.454 e. The summed E-state index contributed by atoms with van der Waals surface area (Å²) in [7, 11) is 0. The van der Waals surface area contributed by atoms with Crippen LogP contribution in [-0.4, -0.2) is 37.9 Å². The van der Waals surface area contributed by atoms with Crippen molar-refractivity contribution in [3.63, 3.8) is 0 Å². The van der Waals surface area contributed by atoms with Crippen molar-refractivity contribution in [2.24, 2.45) is 5.73 Å². The highest BCUT2D eigenvalue weighted by Crippen LogP contribution is 2.40. The number of nitrogens with zero attached hydrogens (tertiary/aromatic N) is 1. The molecule has 4 heteroatoms. The van der Waals surface area contributed by atoms with Crippen LogP contribution in [-0.2, 0) is 5.41 Å². The van der Waals surface area contributed by atoms with Gasteiger partial charge < -0.3 is 20.1 Å². The standard InChI is InChI=1S/C16H24N2O2/c1-2-7-18-8-5-16(11-17,6-9-18)13-3-4-14-15(10-13)20-12-19-14/h3-4,10H,2,5-9,11-12,17H2,1H3. The summed E-state index contributed by atoms with van der Waals surface area (Å²) in [6.45, 7) is 6.74. The Labute approximate surface area is 120 Å². The lowest BCUT2D eigenvalue weighted by atomic mass is 9.72. The molecule has 0 amide bonds. The molecule has 1 saturated heterocycles. The summed E-state index contributed by atoms with van der Waals surface area (Å²) in [6.07, 6.45) is 3.48. The Morgan fingerprint density at radius 3 is 2.65 bits per heavy atom. The number of fused-ring (bicyclic) bond motifs is 1. The Balaban J connectivity index is 1.79. The van der Waals surface area contributed by atoms with Gasteiger partial charge in [0, 0.05) is 12.0 Å². The molecule has 4 nitrogen and oxygen atoms in total. The first-order valence-corrected chi connectivity index (χ1v) is 7.60. The van der Waals surface area contributed by atoms with Gasteiger partial charge in [-0.25, -0.2) is 0 Å². The number of hydrogen-bond donors (Lipinski definition) is 1. The number of rotatable bonds is 4. The van der Waals surface area contributed by atoms with Crippen LogP contribution >= 0.6 is 0 Å². The third kappa shape index (κ3) is 2.38. The summed E-state index contributed by atoms with van der Waals surface area (Å²) in [5, 5.41) is 0. The van der Waals surface area contributed by atoms with Crippen LogP contribution in [0, 0.1) is 0 Å². The van der Waals surface area contributed by atoms with E-state index in [0.29, 0.717) is 13.3 Å². The number of likely N-dealkylation sites (tertiary alicyclic amines) is 1. The fourth-order valence-corrected chi connectivity index (χ4v) is 3.36. The van der Waals surface area contributed by atoms with Crippen LogP contribution in [0.25, 0.3) is 0 Å². The maximum atomic E-state index is 6.14. The van der Waals surface area contributed by atoms with E-state index in [1.807, 2.05) is 6.07 Å². The summed E-state index contributed by atoms with van der Waals surface area (Å²) in [5.74, 6) is 1.72. The minimum absolute atomic E-state index is 0.102. The Morgan fingerprint density at radius 1 is 1.20 bits per heavy atom. The summed E-state index contributed by atoms with van der Waals surface area (Å²) in [4.78, 5) is 2.54. The van der Waals surface area contributed by atoms with Crippen molar-refractivity contribution in [1.29, 1.82) is 0 Å². The van der Waals surface area contributed by atoms with E-state index in [4.69, 9.17) is 15.2 Å². The SMILES string of the molecule is CCCN1CCC(CN)(c2ccc3c(c2)OCO3)CC1. The first-order valence-electron chi connectivity index (χ1n) is 7.60. The molecule has 20 heavy (non-hydrogen) atoms. The van der Waals surface area contributed by atoms with E-state index in [9.17, 15) is 0 Å². The first-order chi connectivity index (χ1) is 9.77. The summed E-state index contributed by atoms with van der Waals surface area (Å²) in [5.41, 5.74) is 7.55. The van der Waals surface area contributed by atoms with Gasteiger partial charge in [0.25, 0.3) is 0 Å². The van der Waals surface area contributed by atoms with Crippen LogP contribution in [0.15, 0.2) is 18.2 Å². The molecular formula is C16H24N2O2. The van der Waals surface area contributed by atoms with Crippen molar-refractivity contribution in [1.82, 2.24) is 4.90 Å². The van der Waals surface area contributed by atoms with Crippen molar-refractivity contribution >= 4 is 0 Å². The topological polar surface area (TPSA) is 47.7 Å². The molecule has 0 saturated carbocycles. The Kier molecular flexibility index (Phi) is 3.85. The van der Waals surface area contributed by atoms with Gasteiger partial charge in [-0.3, -0.25) is 0 Å². The molecule has 0 spiro atoms. The van der Waals surface area contributed by atoms with Gasteiger partial charge in [0.2, 0.25) is 6.79 Å². The van der Waals surface area contributed by atoms with Crippen LogP contribution < -0.4 is 15.2 Å². The number of piperidine rings is 1. The lowest BCUT2D eigenvalue weighted by Gasteiger charge is -2.41. The predicted molar refractivity (Wildman–Crippen MR) is 79.3 cm³/mol. The van der Waals surface area contributed by atoms with Crippen molar-refractivity contribution in [2.45, 2.75) is 31.6 Å². The van der Waals surface area contributed by atoms with Gasteiger partial charge in [0.1, 0.15) is 0 Å². The van der Waals surface area contributed by atoms with E-state index in [1.165, 1.54) is 18.5 Å². The zero-order valence-corrected chi connectivity index (χ0v) is 12.2. The quantitative estimate of drug-likeness (QED) is 0.915. The molecule has 110 valence electrons. The highest BCUT2D eigenvalue weighted by molar-refractivity contribution is 5.47. The molecule has 2 heterocycles. The molecule has 0 aromatic heterocycles. The number of nitrogens with two attached hydrogens (primary N) is 1. The summed E-state index contributed by atoms with van der Waals surface area (Å²) in [6, 6.07) is 6.31. The lowest BCUT2D eigenvalue weighted by molar-refractivity contribution is 0.162. The second-order valence-electron chi connectivity index (χ2n) is 5.89. The van der Waals surface area contributed by atoms with Crippen LogP contribution in [0.2, 0.25) is 0 Å². The number of benzene rings is 1. The van der Waals surface area contributed by atoms with E-state index in [1.54, 1.807) is 0 Å². The molecular weight excluding hydrogens is 252 g/mol. The minimum atomic E-state index is 0.102. The maximum Gasteiger partial charge on any atom is 0.231 e. The van der Waals surface area contributed by atoms with E-state index >= 15 is 0 Å². The number of hydrogen-bond acceptors (Lipinski definition) is 4. The number of ether oxygens (including phenoxy) is 2. The average Bonchev–Trinajstić information content (AvgIpc) is 2.96. The molecule has 0 atom stereocenters. The highest BCUT2D eigenvalue weighted by atomic mass is 16.7. The van der Waals surface area contributed by atoms with Crippen molar-refractivity contribution in [3.8, 4) is 11.5 Å². The molecule has 0 bridgehead atoms. The highest BCUT2D eigenvalue weighted by Gasteiger charge is 2.35. The third-order valence-electron chi connectivity index (χ3n) is 4.73. The van der Waals surface area contributed by atoms with Gasteiger partial charge >= 0.3 is 0 Å². The van der Waals surface area contributed by atoms with Gasteiger partial charge in [-0.2, -0.15) is 0 Å². The molecule has 0 aliphatic carbocycles. The van der Waals surface area contributed by atoms with Crippen LogP contribution in [0.1, 0.15) is 31.7 Å². The zero-order valence-electron chi connectivity index (χ0n) is 12.2. The summed E-state index contributed by atoms with van der Waals surface area (Å²) >= 11 is 0. The van der Waals surface area contributed by atoms with Gasteiger partial charge in [0.05, 0.1) is 0 Å². The Morgan fingerprint density at radius 2 is 1.95 bits per heavy atom. The molecule has 2 N–H and O–H groups in total. The second kappa shape index (κ2) is 5.62. The normalized spacial score (nSPS) is 21.1. The second-order valence-corrected chi connectivity index (χ2v) is 5.89. The Bertz CT molecular complexity index is 468. The van der Waals surface area contributed by atoms with Gasteiger partial charge in [0.15, 0.2) is 11.5 Å². The van der Waals surface area contributed by atoms with Crippen molar-refractivity contribution < 1.29 is 9.47 Å². The molecule has 0 unspecified atom stereocenters. The van der Waals surface area contributed by atoms with Crippen molar-refractivity contribution in [3.05, 3.63) is 23.8 Å². The smallest absolute Gasteiger partial charge is 0.231 e. The van der Waals surface area contributed by atoms with Crippen LogP contribution in [0.5, 0.6) is 11.5 Å². The van der Waals surface area contributed by atoms with E-state index in [2.05, 4.69) is 24.0 Å². The third-order valence-corrected chi connectivity index (χ3v) is 4.73. The molecule has 3 rings (SSSR count). The van der Waals surface area contributed by atoms with Crippen molar-refractivity contribution in [2.75, 3.05) is 33.0 Å². The first kappa shape index (κ1) is 13.7. The molecule has 1 aromatic rings. The molecule has 0 radical (unpaired) electrons. The van der Waals surface area contributed by atoms with Gasteiger partial charge in [-0.1, -0.05) is 13.0 Å². The maximum absolute atomic E-state index is 6.14. The average molecular weight is 276 g/mol. The fourth-order valence-electron chi connectivity index (χ4n) is 3.36. The largest absolute Gasteiger partial charge is 0.454 e. The predicted octanol–water partition coefficient (Wildman–Crippen LogP) is 2.12. The molecule has 1 aromatic carbocycles. The molecule has 2 aliphatic rings. The van der Waals surface area contributed by atoms with E-state index in [-0.39, 0.29) is 5.41 Å².